The summed E-state index contributed by atoms with van der Waals surface area (Å²) in [5, 5.41) is 2.94. The van der Waals surface area contributed by atoms with Crippen LogP contribution in [0.25, 0.3) is 0 Å². The minimum Gasteiger partial charge on any atom is -0.379 e. The Bertz CT molecular complexity index is 650. The molecule has 7 nitrogen and oxygen atoms in total. The average Bonchev–Trinajstić information content (AvgIpc) is 2.78. The lowest BCUT2D eigenvalue weighted by Crippen LogP contribution is -2.37. The Hall–Kier alpha value is -1.35. The van der Waals surface area contributed by atoms with Gasteiger partial charge in [0.1, 0.15) is 0 Å². The van der Waals surface area contributed by atoms with E-state index in [4.69, 9.17) is 22.1 Å². The van der Waals surface area contributed by atoms with Crippen molar-refractivity contribution in [2.75, 3.05) is 29.5 Å². The van der Waals surface area contributed by atoms with Crippen molar-refractivity contribution in [3.05, 3.63) is 23.2 Å². The predicted molar refractivity (Wildman–Crippen MR) is 80.8 cm³/mol. The molecule has 4 N–H and O–H groups in total. The van der Waals surface area contributed by atoms with Crippen molar-refractivity contribution in [2.24, 2.45) is 11.7 Å². The van der Waals surface area contributed by atoms with Gasteiger partial charge in [0.05, 0.1) is 41.8 Å². The third-order valence-electron chi connectivity index (χ3n) is 2.99. The minimum absolute atomic E-state index is 0.256. The van der Waals surface area contributed by atoms with Crippen LogP contribution in [0.2, 0.25) is 5.02 Å². The molecule has 0 spiro atoms. The number of amides is 1. The zero-order valence-electron chi connectivity index (χ0n) is 11.3. The molecule has 1 fully saturated rings. The van der Waals surface area contributed by atoms with Gasteiger partial charge in [-0.05, 0) is 18.2 Å². The first-order valence-electron chi connectivity index (χ1n) is 6.18. The van der Waals surface area contributed by atoms with Crippen LogP contribution in [-0.4, -0.2) is 39.8 Å². The van der Waals surface area contributed by atoms with Crippen LogP contribution in [0.15, 0.2) is 18.2 Å². The van der Waals surface area contributed by atoms with Crippen LogP contribution in [0, 0.1) is 5.92 Å². The summed E-state index contributed by atoms with van der Waals surface area (Å²) in [6.45, 7) is 0.591. The van der Waals surface area contributed by atoms with Crippen LogP contribution < -0.4 is 15.8 Å². The van der Waals surface area contributed by atoms with Crippen LogP contribution in [0.1, 0.15) is 0 Å². The number of sulfonamides is 1. The van der Waals surface area contributed by atoms with Gasteiger partial charge in [0.15, 0.2) is 0 Å². The lowest BCUT2D eigenvalue weighted by Gasteiger charge is -2.15. The fourth-order valence-electron chi connectivity index (χ4n) is 1.97. The predicted octanol–water partition coefficient (Wildman–Crippen LogP) is 0.624. The van der Waals surface area contributed by atoms with Crippen LogP contribution in [0.4, 0.5) is 11.4 Å². The van der Waals surface area contributed by atoms with Crippen LogP contribution in [0.3, 0.4) is 0 Å². The van der Waals surface area contributed by atoms with E-state index in [9.17, 15) is 13.2 Å². The second-order valence-electron chi connectivity index (χ2n) is 4.87. The third kappa shape index (κ3) is 4.31. The number of carbonyl (C=O) groups excluding carboxylic acids is 1. The summed E-state index contributed by atoms with van der Waals surface area (Å²) in [4.78, 5) is 12.1. The Morgan fingerprint density at radius 1 is 1.43 bits per heavy atom. The average molecular weight is 334 g/mol. The van der Waals surface area contributed by atoms with Crippen LogP contribution >= 0.6 is 11.6 Å². The molecule has 1 aromatic rings. The Labute approximate surface area is 127 Å². The Morgan fingerprint density at radius 2 is 2.14 bits per heavy atom. The molecule has 9 heteroatoms. The van der Waals surface area contributed by atoms with Gasteiger partial charge in [-0.25, -0.2) is 8.42 Å². The summed E-state index contributed by atoms with van der Waals surface area (Å²) in [6.07, 6.45) is 1.04. The first kappa shape index (κ1) is 16.0. The number of benzene rings is 1. The van der Waals surface area contributed by atoms with Gasteiger partial charge in [-0.1, -0.05) is 11.6 Å². The van der Waals surface area contributed by atoms with Crippen molar-refractivity contribution < 1.29 is 17.9 Å². The molecule has 2 atom stereocenters. The number of halogens is 1. The van der Waals surface area contributed by atoms with Crippen molar-refractivity contribution >= 4 is 38.9 Å². The topological polar surface area (TPSA) is 111 Å². The van der Waals surface area contributed by atoms with Gasteiger partial charge in [-0.2, -0.15) is 0 Å². The number of rotatable bonds is 4. The van der Waals surface area contributed by atoms with Gasteiger partial charge in [-0.15, -0.1) is 0 Å². The van der Waals surface area contributed by atoms with Crippen molar-refractivity contribution in [3.8, 4) is 0 Å². The Kier molecular flexibility index (Phi) is 4.72. The lowest BCUT2D eigenvalue weighted by atomic mass is 10.0. The monoisotopic (exact) mass is 333 g/mol. The maximum Gasteiger partial charge on any atom is 0.231 e. The molecule has 0 saturated carbocycles. The highest BCUT2D eigenvalue weighted by Gasteiger charge is 2.31. The zero-order chi connectivity index (χ0) is 15.6. The first-order valence-corrected chi connectivity index (χ1v) is 8.45. The molecule has 0 radical (unpaired) electrons. The maximum atomic E-state index is 12.1. The molecule has 0 bridgehead atoms. The van der Waals surface area contributed by atoms with E-state index in [0.29, 0.717) is 23.0 Å². The normalized spacial score (nSPS) is 22.0. The molecule has 2 unspecified atom stereocenters. The molecule has 116 valence electrons. The number of hydrogen-bond donors (Lipinski definition) is 3. The number of anilines is 2. The van der Waals surface area contributed by atoms with Crippen molar-refractivity contribution in [1.29, 1.82) is 0 Å². The standard InChI is InChI=1S/C12H16ClN3O4S/c1-21(18,19)16-7-2-3-9(13)11(4-7)15-12(17)8-5-20-6-10(8)14/h2-4,8,10,16H,5-6,14H2,1H3,(H,15,17). The Morgan fingerprint density at radius 3 is 2.71 bits per heavy atom. The van der Waals surface area contributed by atoms with Gasteiger partial charge in [-0.3, -0.25) is 9.52 Å². The molecular formula is C12H16ClN3O4S. The fraction of sp³-hybridized carbons (Fsp3) is 0.417. The molecule has 1 aliphatic rings. The van der Waals surface area contributed by atoms with E-state index >= 15 is 0 Å². The van der Waals surface area contributed by atoms with Crippen molar-refractivity contribution in [1.82, 2.24) is 0 Å². The van der Waals surface area contributed by atoms with Gasteiger partial charge in [0, 0.05) is 6.04 Å². The molecule has 1 heterocycles. The highest BCUT2D eigenvalue weighted by molar-refractivity contribution is 7.92. The van der Waals surface area contributed by atoms with Crippen LogP contribution in [0.5, 0.6) is 0 Å². The molecule has 0 aliphatic carbocycles. The molecule has 0 aromatic heterocycles. The summed E-state index contributed by atoms with van der Waals surface area (Å²) >= 11 is 6.00. The summed E-state index contributed by atoms with van der Waals surface area (Å²) in [5.41, 5.74) is 6.40. The first-order chi connectivity index (χ1) is 9.76. The highest BCUT2D eigenvalue weighted by Crippen LogP contribution is 2.27. The van der Waals surface area contributed by atoms with Gasteiger partial charge >= 0.3 is 0 Å². The van der Waals surface area contributed by atoms with E-state index in [1.165, 1.54) is 18.2 Å². The van der Waals surface area contributed by atoms with Crippen molar-refractivity contribution in [3.63, 3.8) is 0 Å². The van der Waals surface area contributed by atoms with E-state index < -0.39 is 15.9 Å². The number of hydrogen-bond acceptors (Lipinski definition) is 5. The molecular weight excluding hydrogens is 318 g/mol. The number of ether oxygens (including phenoxy) is 1. The van der Waals surface area contributed by atoms with Crippen LogP contribution in [-0.2, 0) is 19.6 Å². The van der Waals surface area contributed by atoms with Crippen molar-refractivity contribution in [2.45, 2.75) is 6.04 Å². The zero-order valence-corrected chi connectivity index (χ0v) is 12.9. The van der Waals surface area contributed by atoms with Gasteiger partial charge in [0.2, 0.25) is 15.9 Å². The number of carbonyl (C=O) groups is 1. The summed E-state index contributed by atoms with van der Waals surface area (Å²) in [7, 11) is -3.41. The third-order valence-corrected chi connectivity index (χ3v) is 3.92. The summed E-state index contributed by atoms with van der Waals surface area (Å²) < 4.78 is 29.9. The molecule has 1 amide bonds. The fourth-order valence-corrected chi connectivity index (χ4v) is 2.68. The molecule has 1 saturated heterocycles. The largest absolute Gasteiger partial charge is 0.379 e. The smallest absolute Gasteiger partial charge is 0.231 e. The van der Waals surface area contributed by atoms with E-state index in [2.05, 4.69) is 10.0 Å². The number of nitrogens with one attached hydrogen (secondary N) is 2. The second kappa shape index (κ2) is 6.18. The van der Waals surface area contributed by atoms with E-state index in [-0.39, 0.29) is 18.6 Å². The minimum atomic E-state index is -3.41. The SMILES string of the molecule is CS(=O)(=O)Nc1ccc(Cl)c(NC(=O)C2COCC2N)c1. The summed E-state index contributed by atoms with van der Waals surface area (Å²) in [6, 6.07) is 4.09. The lowest BCUT2D eigenvalue weighted by molar-refractivity contribution is -0.120. The maximum absolute atomic E-state index is 12.1. The second-order valence-corrected chi connectivity index (χ2v) is 7.02. The van der Waals surface area contributed by atoms with E-state index in [1.54, 1.807) is 0 Å². The quantitative estimate of drug-likeness (QED) is 0.748. The molecule has 21 heavy (non-hydrogen) atoms. The number of nitrogens with two attached hydrogens (primary N) is 1. The van der Waals surface area contributed by atoms with E-state index in [1.807, 2.05) is 0 Å². The highest BCUT2D eigenvalue weighted by atomic mass is 35.5. The Balaban J connectivity index is 2.15. The molecule has 1 aliphatic heterocycles. The van der Waals surface area contributed by atoms with Gasteiger partial charge < -0.3 is 15.8 Å². The van der Waals surface area contributed by atoms with E-state index in [0.717, 1.165) is 6.26 Å². The van der Waals surface area contributed by atoms with Gasteiger partial charge in [0.25, 0.3) is 0 Å². The summed E-state index contributed by atoms with van der Waals surface area (Å²) in [5.74, 6) is -0.758. The molecule has 2 rings (SSSR count). The molecule has 1 aromatic carbocycles.